The fourth-order valence-corrected chi connectivity index (χ4v) is 3.78. The molecule has 1 aromatic rings. The molecular weight excluding hydrogens is 328 g/mol. The number of unbranched alkanes of at least 4 members (excludes halogenated alkanes) is 1. The number of benzene rings is 1. The van der Waals surface area contributed by atoms with Crippen LogP contribution in [0.15, 0.2) is 29.3 Å². The van der Waals surface area contributed by atoms with Gasteiger partial charge in [0.2, 0.25) is 0 Å². The smallest absolute Gasteiger partial charge is 0.191 e. The highest BCUT2D eigenvalue weighted by Gasteiger charge is 2.23. The number of hydrogen-bond donors (Lipinski definition) is 2. The van der Waals surface area contributed by atoms with Crippen molar-refractivity contribution in [3.63, 3.8) is 0 Å². The third kappa shape index (κ3) is 6.90. The van der Waals surface area contributed by atoms with Gasteiger partial charge in [0.25, 0.3) is 0 Å². The Labute approximate surface area is 157 Å². The third-order valence-electron chi connectivity index (χ3n) is 4.80. The van der Waals surface area contributed by atoms with E-state index in [9.17, 15) is 0 Å². The quantitative estimate of drug-likeness (QED) is 0.401. The van der Waals surface area contributed by atoms with Gasteiger partial charge in [-0.15, -0.1) is 0 Å². The van der Waals surface area contributed by atoms with E-state index in [-0.39, 0.29) is 0 Å². The molecule has 5 heteroatoms. The van der Waals surface area contributed by atoms with E-state index >= 15 is 0 Å². The summed E-state index contributed by atoms with van der Waals surface area (Å²) < 4.78 is 0. The molecule has 0 bridgehead atoms. The minimum Gasteiger partial charge on any atom is -0.356 e. The van der Waals surface area contributed by atoms with E-state index in [1.807, 2.05) is 18.8 Å². The predicted octanol–water partition coefficient (Wildman–Crippen LogP) is 3.44. The van der Waals surface area contributed by atoms with Crippen molar-refractivity contribution in [1.82, 2.24) is 15.5 Å². The van der Waals surface area contributed by atoms with Gasteiger partial charge in [-0.3, -0.25) is 9.89 Å². The molecule has 0 spiro atoms. The lowest BCUT2D eigenvalue weighted by atomic mass is 10.0. The van der Waals surface area contributed by atoms with Gasteiger partial charge in [-0.25, -0.2) is 0 Å². The molecule has 1 saturated heterocycles. The maximum absolute atomic E-state index is 4.38. The summed E-state index contributed by atoms with van der Waals surface area (Å²) in [6.45, 7) is 6.42. The lowest BCUT2D eigenvalue weighted by Crippen LogP contribution is -2.43. The highest BCUT2D eigenvalue weighted by atomic mass is 32.2. The first kappa shape index (κ1) is 20.1. The van der Waals surface area contributed by atoms with Gasteiger partial charge in [-0.05, 0) is 63.3 Å². The maximum atomic E-state index is 4.38. The van der Waals surface area contributed by atoms with E-state index in [4.69, 9.17) is 0 Å². The highest BCUT2D eigenvalue weighted by Crippen LogP contribution is 2.24. The molecule has 1 aliphatic heterocycles. The number of nitrogens with zero attached hydrogens (tertiary/aromatic N) is 2. The SMILES string of the molecule is CN=C(NCCCCSC)NCC(c1ccc(C)cc1)N1CCCC1. The molecule has 0 radical (unpaired) electrons. The predicted molar refractivity (Wildman–Crippen MR) is 112 cm³/mol. The zero-order chi connectivity index (χ0) is 17.9. The summed E-state index contributed by atoms with van der Waals surface area (Å²) in [6, 6.07) is 9.41. The van der Waals surface area contributed by atoms with E-state index in [0.717, 1.165) is 19.0 Å². The van der Waals surface area contributed by atoms with Crippen LogP contribution in [-0.4, -0.2) is 56.1 Å². The number of guanidine groups is 1. The Morgan fingerprint density at radius 3 is 2.52 bits per heavy atom. The molecule has 1 aromatic carbocycles. The Morgan fingerprint density at radius 1 is 1.16 bits per heavy atom. The van der Waals surface area contributed by atoms with Crippen molar-refractivity contribution in [1.29, 1.82) is 0 Å². The van der Waals surface area contributed by atoms with E-state index in [1.165, 1.54) is 55.7 Å². The molecule has 1 atom stereocenters. The molecule has 1 unspecified atom stereocenters. The molecule has 0 aliphatic carbocycles. The summed E-state index contributed by atoms with van der Waals surface area (Å²) in [5.74, 6) is 2.15. The van der Waals surface area contributed by atoms with Gasteiger partial charge in [0.15, 0.2) is 5.96 Å². The van der Waals surface area contributed by atoms with Gasteiger partial charge in [0.1, 0.15) is 0 Å². The van der Waals surface area contributed by atoms with Crippen LogP contribution in [0.2, 0.25) is 0 Å². The van der Waals surface area contributed by atoms with Crippen LogP contribution in [0.25, 0.3) is 0 Å². The first-order valence-electron chi connectivity index (χ1n) is 9.48. The van der Waals surface area contributed by atoms with Crippen molar-refractivity contribution < 1.29 is 0 Å². The Hall–Kier alpha value is -1.20. The van der Waals surface area contributed by atoms with E-state index in [0.29, 0.717) is 6.04 Å². The van der Waals surface area contributed by atoms with Crippen molar-refractivity contribution in [3.05, 3.63) is 35.4 Å². The topological polar surface area (TPSA) is 39.7 Å². The number of nitrogens with one attached hydrogen (secondary N) is 2. The van der Waals surface area contributed by atoms with Crippen LogP contribution in [0.4, 0.5) is 0 Å². The summed E-state index contributed by atoms with van der Waals surface area (Å²) in [4.78, 5) is 6.98. The molecule has 1 heterocycles. The Bertz CT molecular complexity index is 509. The third-order valence-corrected chi connectivity index (χ3v) is 5.49. The van der Waals surface area contributed by atoms with Crippen LogP contribution in [0, 0.1) is 6.92 Å². The van der Waals surface area contributed by atoms with E-state index in [1.54, 1.807) is 0 Å². The number of aliphatic imine (C=N–C) groups is 1. The fraction of sp³-hybridized carbons (Fsp3) is 0.650. The second kappa shape index (κ2) is 11.4. The molecule has 140 valence electrons. The fourth-order valence-electron chi connectivity index (χ4n) is 3.29. The zero-order valence-corrected chi connectivity index (χ0v) is 16.9. The number of aryl methyl sites for hydroxylation is 1. The molecular formula is C20H34N4S. The Balaban J connectivity index is 1.88. The van der Waals surface area contributed by atoms with Crippen LogP contribution < -0.4 is 10.6 Å². The van der Waals surface area contributed by atoms with E-state index < -0.39 is 0 Å². The van der Waals surface area contributed by atoms with Crippen LogP contribution in [0.5, 0.6) is 0 Å². The molecule has 0 amide bonds. The zero-order valence-electron chi connectivity index (χ0n) is 16.1. The lowest BCUT2D eigenvalue weighted by molar-refractivity contribution is 0.245. The lowest BCUT2D eigenvalue weighted by Gasteiger charge is -2.29. The largest absolute Gasteiger partial charge is 0.356 e. The molecule has 0 aromatic heterocycles. The molecule has 4 nitrogen and oxygen atoms in total. The van der Waals surface area contributed by atoms with Gasteiger partial charge in [0, 0.05) is 20.1 Å². The summed E-state index contributed by atoms with van der Waals surface area (Å²) in [7, 11) is 1.86. The standard InChI is InChI=1S/C20H34N4S/c1-17-8-10-18(11-9-17)19(24-13-5-6-14-24)16-23-20(21-2)22-12-4-7-15-25-3/h8-11,19H,4-7,12-16H2,1-3H3,(H2,21,22,23). The van der Waals surface area contributed by atoms with Gasteiger partial charge < -0.3 is 10.6 Å². The van der Waals surface area contributed by atoms with Gasteiger partial charge in [-0.2, -0.15) is 11.8 Å². The molecule has 25 heavy (non-hydrogen) atoms. The first-order valence-corrected chi connectivity index (χ1v) is 10.9. The normalized spacial score (nSPS) is 16.8. The van der Waals surface area contributed by atoms with Crippen molar-refractivity contribution in [2.75, 3.05) is 45.2 Å². The second-order valence-corrected chi connectivity index (χ2v) is 7.73. The summed E-state index contributed by atoms with van der Waals surface area (Å²) in [5, 5.41) is 6.99. The Morgan fingerprint density at radius 2 is 1.88 bits per heavy atom. The summed E-state index contributed by atoms with van der Waals surface area (Å²) in [6.07, 6.45) is 7.23. The summed E-state index contributed by atoms with van der Waals surface area (Å²) in [5.41, 5.74) is 2.72. The van der Waals surface area contributed by atoms with Gasteiger partial charge >= 0.3 is 0 Å². The molecule has 2 rings (SSSR count). The van der Waals surface area contributed by atoms with Gasteiger partial charge in [0.05, 0.1) is 6.04 Å². The van der Waals surface area contributed by atoms with Crippen LogP contribution in [-0.2, 0) is 0 Å². The number of likely N-dealkylation sites (tertiary alicyclic amines) is 1. The molecule has 1 fully saturated rings. The minimum absolute atomic E-state index is 0.415. The minimum atomic E-state index is 0.415. The molecule has 1 aliphatic rings. The Kier molecular flexibility index (Phi) is 9.19. The van der Waals surface area contributed by atoms with Crippen molar-refractivity contribution in [3.8, 4) is 0 Å². The number of thioether (sulfide) groups is 1. The highest BCUT2D eigenvalue weighted by molar-refractivity contribution is 7.98. The maximum Gasteiger partial charge on any atom is 0.191 e. The second-order valence-electron chi connectivity index (χ2n) is 6.75. The number of rotatable bonds is 9. The number of hydrogen-bond acceptors (Lipinski definition) is 3. The van der Waals surface area contributed by atoms with Crippen molar-refractivity contribution >= 4 is 17.7 Å². The van der Waals surface area contributed by atoms with E-state index in [2.05, 4.69) is 58.0 Å². The molecule has 0 saturated carbocycles. The van der Waals surface area contributed by atoms with Gasteiger partial charge in [-0.1, -0.05) is 29.8 Å². The summed E-state index contributed by atoms with van der Waals surface area (Å²) >= 11 is 1.91. The van der Waals surface area contributed by atoms with Crippen LogP contribution >= 0.6 is 11.8 Å². The van der Waals surface area contributed by atoms with Crippen molar-refractivity contribution in [2.24, 2.45) is 4.99 Å². The average Bonchev–Trinajstić information content (AvgIpc) is 3.15. The van der Waals surface area contributed by atoms with Crippen LogP contribution in [0.3, 0.4) is 0 Å². The first-order chi connectivity index (χ1) is 12.2. The van der Waals surface area contributed by atoms with Crippen molar-refractivity contribution in [2.45, 2.75) is 38.6 Å². The molecule has 2 N–H and O–H groups in total. The average molecular weight is 363 g/mol. The van der Waals surface area contributed by atoms with Crippen LogP contribution in [0.1, 0.15) is 42.9 Å². The monoisotopic (exact) mass is 362 g/mol.